The van der Waals surface area contributed by atoms with Crippen molar-refractivity contribution in [3.05, 3.63) is 23.3 Å². The van der Waals surface area contributed by atoms with Gasteiger partial charge >= 0.3 is 0 Å². The molecule has 0 saturated heterocycles. The molecule has 0 N–H and O–H groups in total. The van der Waals surface area contributed by atoms with Crippen LogP contribution in [0.1, 0.15) is 107 Å². The molecule has 1 saturated carbocycles. The van der Waals surface area contributed by atoms with E-state index in [-0.39, 0.29) is 0 Å². The molecular weight excluding hydrogens is 344 g/mol. The molecule has 0 aromatic rings. The van der Waals surface area contributed by atoms with E-state index in [9.17, 15) is 0 Å². The molecule has 0 aromatic heterocycles. The Kier molecular flexibility index (Phi) is 11.3. The van der Waals surface area contributed by atoms with Gasteiger partial charge in [-0.05, 0) is 105 Å². The van der Waals surface area contributed by atoms with Gasteiger partial charge < -0.3 is 0 Å². The van der Waals surface area contributed by atoms with Gasteiger partial charge in [0.2, 0.25) is 0 Å². The third-order valence-electron chi connectivity index (χ3n) is 7.15. The molecule has 0 nitrogen and oxygen atoms in total. The summed E-state index contributed by atoms with van der Waals surface area (Å²) in [6, 6.07) is 0. The molecule has 0 amide bonds. The minimum Gasteiger partial charge on any atom is -0.182 e. The third-order valence-corrected chi connectivity index (χ3v) is 9.91. The Morgan fingerprint density at radius 2 is 1.78 bits per heavy atom. The van der Waals surface area contributed by atoms with Gasteiger partial charge in [-0.2, -0.15) is 10.5 Å². The molecule has 0 radical (unpaired) electrons. The van der Waals surface area contributed by atoms with Crippen molar-refractivity contribution in [3.63, 3.8) is 0 Å². The fourth-order valence-corrected chi connectivity index (χ4v) is 6.99. The Hall–Kier alpha value is -0.300. The predicted molar refractivity (Wildman–Crippen MR) is 130 cm³/mol. The molecule has 0 aromatic carbocycles. The fourth-order valence-electron chi connectivity index (χ4n) is 4.37. The van der Waals surface area contributed by atoms with E-state index in [2.05, 4.69) is 72.9 Å². The first-order chi connectivity index (χ1) is 12.8. The molecule has 1 heteroatoms. The highest BCUT2D eigenvalue weighted by Crippen LogP contribution is 2.41. The molecule has 1 aliphatic carbocycles. The summed E-state index contributed by atoms with van der Waals surface area (Å²) in [7, 11) is 0.466. The largest absolute Gasteiger partial charge is 0.182 e. The normalized spacial score (nSPS) is 26.7. The molecule has 0 heterocycles. The van der Waals surface area contributed by atoms with E-state index in [1.165, 1.54) is 62.7 Å². The Bertz CT molecular complexity index is 516. The van der Waals surface area contributed by atoms with Gasteiger partial charge in [0.1, 0.15) is 0 Å². The molecule has 0 spiro atoms. The zero-order valence-corrected chi connectivity index (χ0v) is 20.6. The zero-order valence-electron chi connectivity index (χ0n) is 19.7. The Morgan fingerprint density at radius 3 is 2.30 bits per heavy atom. The molecule has 1 fully saturated rings. The van der Waals surface area contributed by atoms with Crippen LogP contribution in [0.5, 0.6) is 0 Å². The first-order valence-electron chi connectivity index (χ1n) is 11.6. The van der Waals surface area contributed by atoms with Crippen LogP contribution in [0.2, 0.25) is 0 Å². The van der Waals surface area contributed by atoms with Crippen LogP contribution < -0.4 is 0 Å². The van der Waals surface area contributed by atoms with E-state index >= 15 is 0 Å². The Balaban J connectivity index is 2.85. The molecule has 0 bridgehead atoms. The van der Waals surface area contributed by atoms with Gasteiger partial charge in [0.25, 0.3) is 0 Å². The molecule has 158 valence electrons. The van der Waals surface area contributed by atoms with Crippen LogP contribution in [0.3, 0.4) is 0 Å². The monoisotopic (exact) mass is 392 g/mol. The van der Waals surface area contributed by atoms with Gasteiger partial charge in [-0.1, -0.05) is 58.8 Å². The van der Waals surface area contributed by atoms with Gasteiger partial charge in [0.15, 0.2) is 0 Å². The van der Waals surface area contributed by atoms with Gasteiger partial charge in [0, 0.05) is 0 Å². The van der Waals surface area contributed by atoms with Gasteiger partial charge in [-0.3, -0.25) is 0 Å². The van der Waals surface area contributed by atoms with Crippen LogP contribution in [0, 0.1) is 17.3 Å². The Morgan fingerprint density at radius 1 is 1.15 bits per heavy atom. The van der Waals surface area contributed by atoms with Crippen molar-refractivity contribution in [2.45, 2.75) is 112 Å². The van der Waals surface area contributed by atoms with E-state index in [1.54, 1.807) is 5.57 Å². The standard InChI is InChI=1S/C26H48S/c1-9-21(4)19-26(8,24(7)11-3)17-12-18-27(20-22(5)10-2)25-15-13-23(6)14-16-25/h10,19-20,23-25H,9,11-18H2,1-8H3/b21-19-,22-10+. The average Bonchev–Trinajstić information content (AvgIpc) is 2.66. The molecule has 27 heavy (non-hydrogen) atoms. The molecule has 0 aliphatic heterocycles. The van der Waals surface area contributed by atoms with Crippen LogP contribution in [-0.2, 0) is 0 Å². The quantitative estimate of drug-likeness (QED) is 0.198. The predicted octanol–water partition coefficient (Wildman–Crippen LogP) is 8.79. The summed E-state index contributed by atoms with van der Waals surface area (Å²) in [6.45, 7) is 18.9. The highest BCUT2D eigenvalue weighted by molar-refractivity contribution is 8.15. The number of allylic oxidation sites excluding steroid dienone is 4. The second-order valence-electron chi connectivity index (χ2n) is 9.47. The summed E-state index contributed by atoms with van der Waals surface area (Å²) in [5, 5.41) is 3.58. The lowest BCUT2D eigenvalue weighted by atomic mass is 9.72. The van der Waals surface area contributed by atoms with Crippen molar-refractivity contribution >= 4 is 15.9 Å². The summed E-state index contributed by atoms with van der Waals surface area (Å²) in [5.41, 5.74) is 3.42. The summed E-state index contributed by atoms with van der Waals surface area (Å²) in [5.74, 6) is 3.11. The van der Waals surface area contributed by atoms with Crippen molar-refractivity contribution in [1.82, 2.24) is 0 Å². The maximum Gasteiger partial charge on any atom is -0.000214 e. The van der Waals surface area contributed by atoms with E-state index in [0.717, 1.165) is 17.1 Å². The maximum atomic E-state index is 2.63. The van der Waals surface area contributed by atoms with Crippen molar-refractivity contribution in [3.8, 4) is 0 Å². The van der Waals surface area contributed by atoms with E-state index in [1.807, 2.05) is 0 Å². The molecular formula is C26H48S. The summed E-state index contributed by atoms with van der Waals surface area (Å²) in [4.78, 5) is 0. The lowest BCUT2D eigenvalue weighted by molar-refractivity contribution is 0.245. The van der Waals surface area contributed by atoms with Crippen LogP contribution in [-0.4, -0.2) is 16.4 Å². The lowest BCUT2D eigenvalue weighted by Crippen LogP contribution is -2.24. The highest BCUT2D eigenvalue weighted by atomic mass is 32.2. The van der Waals surface area contributed by atoms with Crippen LogP contribution in [0.4, 0.5) is 0 Å². The van der Waals surface area contributed by atoms with Crippen LogP contribution in [0.15, 0.2) is 23.3 Å². The highest BCUT2D eigenvalue weighted by Gasteiger charge is 2.28. The van der Waals surface area contributed by atoms with E-state index in [0.29, 0.717) is 15.9 Å². The first-order valence-corrected chi connectivity index (χ1v) is 13.1. The van der Waals surface area contributed by atoms with Crippen molar-refractivity contribution in [1.29, 1.82) is 0 Å². The lowest BCUT2D eigenvalue weighted by Gasteiger charge is -2.35. The molecule has 3 atom stereocenters. The first kappa shape index (κ1) is 24.7. The van der Waals surface area contributed by atoms with Gasteiger partial charge in [0.05, 0.1) is 0 Å². The fraction of sp³-hybridized carbons (Fsp3) is 0.808. The molecule has 1 aliphatic rings. The topological polar surface area (TPSA) is 0 Å². The smallest absolute Gasteiger partial charge is 0.000214 e. The molecule has 1 rings (SSSR count). The zero-order chi connectivity index (χ0) is 20.4. The summed E-state index contributed by atoms with van der Waals surface area (Å²) >= 11 is 0. The minimum absolute atomic E-state index is 0.362. The minimum atomic E-state index is 0.362. The van der Waals surface area contributed by atoms with Gasteiger partial charge in [-0.15, -0.1) is 0 Å². The SMILES string of the molecule is C/C=C(C)/C=S(/CCCC(C)(/C=C(/C)CC)C(C)CC)C1CCC(C)CC1. The summed E-state index contributed by atoms with van der Waals surface area (Å²) in [6.07, 6.45) is 15.9. The van der Waals surface area contributed by atoms with Crippen LogP contribution >= 0.6 is 10.5 Å². The summed E-state index contributed by atoms with van der Waals surface area (Å²) < 4.78 is 0. The van der Waals surface area contributed by atoms with Crippen molar-refractivity contribution in [2.75, 3.05) is 5.75 Å². The van der Waals surface area contributed by atoms with Crippen molar-refractivity contribution in [2.24, 2.45) is 17.3 Å². The third kappa shape index (κ3) is 8.30. The van der Waals surface area contributed by atoms with Crippen molar-refractivity contribution < 1.29 is 0 Å². The second kappa shape index (κ2) is 12.3. The number of hydrogen-bond donors (Lipinski definition) is 0. The van der Waals surface area contributed by atoms with Crippen LogP contribution in [0.25, 0.3) is 0 Å². The van der Waals surface area contributed by atoms with E-state index in [4.69, 9.17) is 0 Å². The van der Waals surface area contributed by atoms with Gasteiger partial charge in [-0.25, -0.2) is 0 Å². The number of rotatable bonds is 10. The maximum absolute atomic E-state index is 2.63. The second-order valence-corrected chi connectivity index (χ2v) is 11.7. The molecule has 3 unspecified atom stereocenters. The Labute approximate surface area is 174 Å². The van der Waals surface area contributed by atoms with E-state index < -0.39 is 0 Å². The number of hydrogen-bond acceptors (Lipinski definition) is 0. The average molecular weight is 393 g/mol.